The number of halogens is 1. The highest BCUT2D eigenvalue weighted by atomic mass is 32.1. The number of carbonyl (C=O) groups excluding carboxylic acids is 1. The molecule has 0 bridgehead atoms. The second-order valence-electron chi connectivity index (χ2n) is 2.74. The summed E-state index contributed by atoms with van der Waals surface area (Å²) in [5.74, 6) is -0.715. The molecule has 0 radical (unpaired) electrons. The summed E-state index contributed by atoms with van der Waals surface area (Å²) in [7, 11) is 0. The minimum absolute atomic E-state index is 0.161. The Hall–Kier alpha value is -1.03. The molecule has 0 heterocycles. The SMILES string of the molecule is NC(=O)CC(S)c1ccc(F)cc1. The van der Waals surface area contributed by atoms with Gasteiger partial charge in [0.2, 0.25) is 5.91 Å². The molecule has 0 aliphatic rings. The third-order valence-corrected chi connectivity index (χ3v) is 2.13. The normalized spacial score (nSPS) is 12.5. The molecule has 70 valence electrons. The van der Waals surface area contributed by atoms with Crippen molar-refractivity contribution in [2.45, 2.75) is 11.7 Å². The first-order valence-electron chi connectivity index (χ1n) is 3.81. The smallest absolute Gasteiger partial charge is 0.218 e. The van der Waals surface area contributed by atoms with Crippen LogP contribution in [0.3, 0.4) is 0 Å². The van der Waals surface area contributed by atoms with E-state index in [0.29, 0.717) is 0 Å². The van der Waals surface area contributed by atoms with E-state index in [0.717, 1.165) is 5.56 Å². The van der Waals surface area contributed by atoms with Gasteiger partial charge in [0, 0.05) is 11.7 Å². The van der Waals surface area contributed by atoms with Gasteiger partial charge in [-0.05, 0) is 17.7 Å². The lowest BCUT2D eigenvalue weighted by molar-refractivity contribution is -0.118. The van der Waals surface area contributed by atoms with Crippen LogP contribution < -0.4 is 5.73 Å². The van der Waals surface area contributed by atoms with Crippen molar-refractivity contribution in [3.63, 3.8) is 0 Å². The van der Waals surface area contributed by atoms with Crippen molar-refractivity contribution < 1.29 is 9.18 Å². The van der Waals surface area contributed by atoms with Gasteiger partial charge >= 0.3 is 0 Å². The molecule has 0 aliphatic heterocycles. The van der Waals surface area contributed by atoms with Crippen LogP contribution in [0.2, 0.25) is 0 Å². The summed E-state index contributed by atoms with van der Waals surface area (Å²) in [5.41, 5.74) is 5.79. The summed E-state index contributed by atoms with van der Waals surface area (Å²) < 4.78 is 12.5. The van der Waals surface area contributed by atoms with Gasteiger partial charge in [0.15, 0.2) is 0 Å². The van der Waals surface area contributed by atoms with Crippen molar-refractivity contribution in [1.82, 2.24) is 0 Å². The predicted molar refractivity (Wildman–Crippen MR) is 51.9 cm³/mol. The number of primary amides is 1. The quantitative estimate of drug-likeness (QED) is 0.714. The predicted octanol–water partition coefficient (Wildman–Crippen LogP) is 1.67. The summed E-state index contributed by atoms with van der Waals surface area (Å²) in [5, 5.41) is -0.252. The monoisotopic (exact) mass is 199 g/mol. The van der Waals surface area contributed by atoms with Crippen LogP contribution in [0.15, 0.2) is 24.3 Å². The van der Waals surface area contributed by atoms with Crippen molar-refractivity contribution in [2.24, 2.45) is 5.73 Å². The van der Waals surface area contributed by atoms with Crippen LogP contribution in [0, 0.1) is 5.82 Å². The van der Waals surface area contributed by atoms with Crippen LogP contribution in [0.4, 0.5) is 4.39 Å². The number of hydrogen-bond acceptors (Lipinski definition) is 2. The van der Waals surface area contributed by atoms with Gasteiger partial charge in [-0.2, -0.15) is 12.6 Å². The van der Waals surface area contributed by atoms with E-state index >= 15 is 0 Å². The number of carbonyl (C=O) groups is 1. The van der Waals surface area contributed by atoms with Crippen LogP contribution in [0.1, 0.15) is 17.2 Å². The molecule has 0 aromatic heterocycles. The van der Waals surface area contributed by atoms with Gasteiger partial charge in [-0.15, -0.1) is 0 Å². The van der Waals surface area contributed by atoms with Crippen molar-refractivity contribution in [2.75, 3.05) is 0 Å². The van der Waals surface area contributed by atoms with Gasteiger partial charge in [0.25, 0.3) is 0 Å². The summed E-state index contributed by atoms with van der Waals surface area (Å²) in [6.45, 7) is 0. The number of benzene rings is 1. The maximum absolute atomic E-state index is 12.5. The first-order chi connectivity index (χ1) is 6.09. The van der Waals surface area contributed by atoms with Gasteiger partial charge < -0.3 is 5.73 Å². The highest BCUT2D eigenvalue weighted by Crippen LogP contribution is 2.22. The van der Waals surface area contributed by atoms with Crippen molar-refractivity contribution >= 4 is 18.5 Å². The van der Waals surface area contributed by atoms with Gasteiger partial charge in [0.05, 0.1) is 0 Å². The first-order valence-corrected chi connectivity index (χ1v) is 4.33. The molecule has 0 fully saturated rings. The fraction of sp³-hybridized carbons (Fsp3) is 0.222. The number of thiol groups is 1. The molecule has 2 N–H and O–H groups in total. The first kappa shape index (κ1) is 10.1. The topological polar surface area (TPSA) is 43.1 Å². The van der Waals surface area contributed by atoms with Gasteiger partial charge in [0.1, 0.15) is 5.82 Å². The second-order valence-corrected chi connectivity index (χ2v) is 3.36. The Morgan fingerprint density at radius 2 is 2.00 bits per heavy atom. The van der Waals surface area contributed by atoms with Crippen LogP contribution >= 0.6 is 12.6 Å². The molecule has 1 aromatic carbocycles. The zero-order chi connectivity index (χ0) is 9.84. The maximum Gasteiger partial charge on any atom is 0.218 e. The average molecular weight is 199 g/mol. The van der Waals surface area contributed by atoms with Crippen molar-refractivity contribution in [3.05, 3.63) is 35.6 Å². The molecule has 1 aromatic rings. The lowest BCUT2D eigenvalue weighted by atomic mass is 10.1. The van der Waals surface area contributed by atoms with E-state index in [4.69, 9.17) is 5.73 Å². The fourth-order valence-corrected chi connectivity index (χ4v) is 1.35. The third-order valence-electron chi connectivity index (χ3n) is 1.65. The van der Waals surface area contributed by atoms with E-state index in [1.807, 2.05) is 0 Å². The molecule has 13 heavy (non-hydrogen) atoms. The molecule has 0 saturated carbocycles. The van der Waals surface area contributed by atoms with Gasteiger partial charge in [-0.1, -0.05) is 12.1 Å². The molecule has 2 nitrogen and oxygen atoms in total. The summed E-state index contributed by atoms with van der Waals surface area (Å²) in [6, 6.07) is 5.85. The maximum atomic E-state index is 12.5. The van der Waals surface area contributed by atoms with E-state index in [1.165, 1.54) is 12.1 Å². The molecule has 0 saturated heterocycles. The van der Waals surface area contributed by atoms with E-state index < -0.39 is 5.91 Å². The van der Waals surface area contributed by atoms with Crippen LogP contribution in [-0.2, 0) is 4.79 Å². The van der Waals surface area contributed by atoms with E-state index in [-0.39, 0.29) is 17.5 Å². The van der Waals surface area contributed by atoms with E-state index in [9.17, 15) is 9.18 Å². The Balaban J connectivity index is 2.71. The number of rotatable bonds is 3. The molecular formula is C9H10FNOS. The highest BCUT2D eigenvalue weighted by molar-refractivity contribution is 7.80. The zero-order valence-electron chi connectivity index (χ0n) is 6.90. The number of hydrogen-bond donors (Lipinski definition) is 2. The Morgan fingerprint density at radius 1 is 1.46 bits per heavy atom. The summed E-state index contributed by atoms with van der Waals surface area (Å²) in [4.78, 5) is 10.5. The zero-order valence-corrected chi connectivity index (χ0v) is 7.80. The highest BCUT2D eigenvalue weighted by Gasteiger charge is 2.09. The number of nitrogens with two attached hydrogens (primary N) is 1. The Morgan fingerprint density at radius 3 is 2.46 bits per heavy atom. The largest absolute Gasteiger partial charge is 0.370 e. The molecule has 0 spiro atoms. The van der Waals surface area contributed by atoms with Crippen molar-refractivity contribution in [1.29, 1.82) is 0 Å². The lowest BCUT2D eigenvalue weighted by Crippen LogP contribution is -2.12. The molecular weight excluding hydrogens is 189 g/mol. The molecule has 1 unspecified atom stereocenters. The second kappa shape index (κ2) is 4.28. The van der Waals surface area contributed by atoms with E-state index in [1.54, 1.807) is 12.1 Å². The fourth-order valence-electron chi connectivity index (χ4n) is 0.993. The molecule has 4 heteroatoms. The third kappa shape index (κ3) is 3.06. The Labute approximate surface area is 81.3 Å². The lowest BCUT2D eigenvalue weighted by Gasteiger charge is -2.07. The Bertz CT molecular complexity index is 299. The van der Waals surface area contributed by atoms with Crippen LogP contribution in [-0.4, -0.2) is 5.91 Å². The molecule has 1 rings (SSSR count). The molecule has 1 atom stereocenters. The minimum atomic E-state index is -0.413. The number of amides is 1. The molecule has 0 aliphatic carbocycles. The minimum Gasteiger partial charge on any atom is -0.370 e. The Kier molecular flexibility index (Phi) is 3.31. The van der Waals surface area contributed by atoms with Gasteiger partial charge in [-0.25, -0.2) is 4.39 Å². The van der Waals surface area contributed by atoms with Gasteiger partial charge in [-0.3, -0.25) is 4.79 Å². The summed E-state index contributed by atoms with van der Waals surface area (Å²) in [6.07, 6.45) is 0.161. The van der Waals surface area contributed by atoms with Crippen molar-refractivity contribution in [3.8, 4) is 0 Å². The standard InChI is InChI=1S/C9H10FNOS/c10-7-3-1-6(2-4-7)8(13)5-9(11)12/h1-4,8,13H,5H2,(H2,11,12). The average Bonchev–Trinajstić information content (AvgIpc) is 2.04. The van der Waals surface area contributed by atoms with Crippen LogP contribution in [0.25, 0.3) is 0 Å². The van der Waals surface area contributed by atoms with E-state index in [2.05, 4.69) is 12.6 Å². The van der Waals surface area contributed by atoms with Crippen LogP contribution in [0.5, 0.6) is 0 Å². The summed E-state index contributed by atoms with van der Waals surface area (Å²) >= 11 is 4.17. The molecule has 1 amide bonds.